The van der Waals surface area contributed by atoms with Gasteiger partial charge >= 0.3 is 5.97 Å². The summed E-state index contributed by atoms with van der Waals surface area (Å²) in [5.74, 6) is 2.22. The molecule has 0 saturated heterocycles. The normalized spacial score (nSPS) is 14.9. The van der Waals surface area contributed by atoms with E-state index in [1.165, 1.54) is 11.8 Å². The molecule has 0 radical (unpaired) electrons. The van der Waals surface area contributed by atoms with Crippen LogP contribution in [0.25, 0.3) is 0 Å². The molecule has 0 aliphatic carbocycles. The van der Waals surface area contributed by atoms with E-state index in [9.17, 15) is 4.79 Å². The van der Waals surface area contributed by atoms with E-state index in [1.807, 2.05) is 62.4 Å². The van der Waals surface area contributed by atoms with Crippen molar-refractivity contribution in [3.8, 4) is 5.75 Å². The molecule has 4 rings (SSSR count). The fraction of sp³-hybridized carbons (Fsp3) is 0.393. The Bertz CT molecular complexity index is 1260. The van der Waals surface area contributed by atoms with Crippen molar-refractivity contribution in [1.82, 2.24) is 14.8 Å². The van der Waals surface area contributed by atoms with E-state index in [1.54, 1.807) is 4.68 Å². The van der Waals surface area contributed by atoms with Crippen LogP contribution in [0.2, 0.25) is 5.02 Å². The quantitative estimate of drug-likeness (QED) is 0.209. The number of benzene rings is 2. The molecule has 0 bridgehead atoms. The fourth-order valence-electron chi connectivity index (χ4n) is 3.95. The number of fused-ring (bicyclic) bond motifs is 1. The summed E-state index contributed by atoms with van der Waals surface area (Å²) in [5, 5.41) is 9.34. The Morgan fingerprint density at radius 2 is 1.92 bits per heavy atom. The molecular weight excluding hydrogens is 508 g/mol. The van der Waals surface area contributed by atoms with Gasteiger partial charge in [-0.05, 0) is 55.0 Å². The summed E-state index contributed by atoms with van der Waals surface area (Å²) in [6, 6.07) is 15.1. The van der Waals surface area contributed by atoms with Crippen molar-refractivity contribution in [3.05, 3.63) is 76.0 Å². The van der Waals surface area contributed by atoms with E-state index in [2.05, 4.69) is 19.2 Å². The Labute approximate surface area is 227 Å². The third kappa shape index (κ3) is 6.67. The van der Waals surface area contributed by atoms with Crippen LogP contribution in [0, 0.1) is 5.92 Å². The smallest absolute Gasteiger partial charge is 0.338 e. The second-order valence-electron chi connectivity index (χ2n) is 9.34. The maximum Gasteiger partial charge on any atom is 0.338 e. The first-order valence-corrected chi connectivity index (χ1v) is 13.9. The van der Waals surface area contributed by atoms with Crippen LogP contribution in [-0.4, -0.2) is 33.9 Å². The highest BCUT2D eigenvalue weighted by molar-refractivity contribution is 7.98. The molecule has 0 spiro atoms. The Morgan fingerprint density at radius 1 is 1.16 bits per heavy atom. The minimum absolute atomic E-state index is 0.355. The van der Waals surface area contributed by atoms with Gasteiger partial charge in [0.05, 0.1) is 18.8 Å². The van der Waals surface area contributed by atoms with Gasteiger partial charge in [-0.1, -0.05) is 74.5 Å². The highest BCUT2D eigenvalue weighted by atomic mass is 35.5. The van der Waals surface area contributed by atoms with E-state index in [-0.39, 0.29) is 5.97 Å². The molecule has 37 heavy (non-hydrogen) atoms. The number of halogens is 1. The number of allylic oxidation sites excluding steroid dienone is 1. The number of nitrogens with zero attached hydrogens (tertiary/aromatic N) is 3. The van der Waals surface area contributed by atoms with Crippen molar-refractivity contribution in [2.45, 2.75) is 57.5 Å². The van der Waals surface area contributed by atoms with Gasteiger partial charge in [0.1, 0.15) is 11.8 Å². The standard InChI is InChI=1S/C28H33ClN4O3S/c1-5-15-36-26(34)24-19(4)30-27-31-28(37-17-21-8-6-7-9-23(21)29)32-33(27)25(24)20-10-12-22(13-11-20)35-16-14-18(2)3/h6-13,18,25H,5,14-17H2,1-4H3,(H,30,31,32). The van der Waals surface area contributed by atoms with Gasteiger partial charge in [0.15, 0.2) is 0 Å². The number of hydrogen-bond acceptors (Lipinski definition) is 7. The minimum Gasteiger partial charge on any atom is -0.494 e. The summed E-state index contributed by atoms with van der Waals surface area (Å²) in [4.78, 5) is 17.9. The van der Waals surface area contributed by atoms with Crippen molar-refractivity contribution < 1.29 is 14.3 Å². The maximum atomic E-state index is 13.2. The Balaban J connectivity index is 1.62. The molecule has 7 nitrogen and oxygen atoms in total. The average Bonchev–Trinajstić information content (AvgIpc) is 3.28. The second kappa shape index (κ2) is 12.5. The number of thioether (sulfide) groups is 1. The molecule has 1 aliphatic heterocycles. The summed E-state index contributed by atoms with van der Waals surface area (Å²) in [6.45, 7) is 9.21. The third-order valence-electron chi connectivity index (χ3n) is 5.96. The molecule has 1 N–H and O–H groups in total. The largest absolute Gasteiger partial charge is 0.494 e. The van der Waals surface area contributed by atoms with Crippen molar-refractivity contribution in [3.63, 3.8) is 0 Å². The molecule has 1 aromatic heterocycles. The topological polar surface area (TPSA) is 78.3 Å². The Morgan fingerprint density at radius 3 is 2.62 bits per heavy atom. The molecule has 0 amide bonds. The van der Waals surface area contributed by atoms with Gasteiger partial charge in [-0.25, -0.2) is 9.48 Å². The van der Waals surface area contributed by atoms with Gasteiger partial charge in [-0.15, -0.1) is 5.10 Å². The van der Waals surface area contributed by atoms with Crippen LogP contribution in [-0.2, 0) is 15.3 Å². The minimum atomic E-state index is -0.479. The van der Waals surface area contributed by atoms with E-state index in [0.717, 1.165) is 29.7 Å². The molecule has 1 atom stereocenters. The number of nitrogens with one attached hydrogen (secondary N) is 1. The number of carbonyl (C=O) groups is 1. The van der Waals surface area contributed by atoms with E-state index in [0.29, 0.717) is 52.3 Å². The first kappa shape index (κ1) is 27.1. The highest BCUT2D eigenvalue weighted by Gasteiger charge is 2.35. The predicted octanol–water partition coefficient (Wildman–Crippen LogP) is 6.89. The van der Waals surface area contributed by atoms with Crippen molar-refractivity contribution in [2.75, 3.05) is 18.5 Å². The summed E-state index contributed by atoms with van der Waals surface area (Å²) in [5.41, 5.74) is 3.12. The lowest BCUT2D eigenvalue weighted by molar-refractivity contribution is -0.139. The lowest BCUT2D eigenvalue weighted by Crippen LogP contribution is -2.29. The number of anilines is 1. The zero-order chi connectivity index (χ0) is 26.4. The van der Waals surface area contributed by atoms with Gasteiger partial charge in [-0.2, -0.15) is 4.98 Å². The first-order chi connectivity index (χ1) is 17.9. The average molecular weight is 541 g/mol. The number of esters is 1. The van der Waals surface area contributed by atoms with Crippen molar-refractivity contribution >= 4 is 35.3 Å². The zero-order valence-electron chi connectivity index (χ0n) is 21.7. The molecule has 1 unspecified atom stereocenters. The first-order valence-electron chi connectivity index (χ1n) is 12.6. The van der Waals surface area contributed by atoms with Gasteiger partial charge < -0.3 is 14.8 Å². The summed E-state index contributed by atoms with van der Waals surface area (Å²) >= 11 is 7.82. The molecule has 0 fully saturated rings. The van der Waals surface area contributed by atoms with E-state index >= 15 is 0 Å². The monoisotopic (exact) mass is 540 g/mol. The van der Waals surface area contributed by atoms with Gasteiger partial charge in [0.2, 0.25) is 11.1 Å². The molecule has 3 aromatic rings. The molecule has 9 heteroatoms. The van der Waals surface area contributed by atoms with Crippen LogP contribution in [0.4, 0.5) is 5.95 Å². The van der Waals surface area contributed by atoms with Gasteiger partial charge in [0.25, 0.3) is 0 Å². The van der Waals surface area contributed by atoms with Gasteiger partial charge in [-0.3, -0.25) is 0 Å². The van der Waals surface area contributed by atoms with Crippen LogP contribution >= 0.6 is 23.4 Å². The van der Waals surface area contributed by atoms with Crippen LogP contribution in [0.3, 0.4) is 0 Å². The third-order valence-corrected chi connectivity index (χ3v) is 7.22. The maximum absolute atomic E-state index is 13.2. The summed E-state index contributed by atoms with van der Waals surface area (Å²) in [6.07, 6.45) is 1.73. The number of hydrogen-bond donors (Lipinski definition) is 1. The van der Waals surface area contributed by atoms with Crippen LogP contribution in [0.15, 0.2) is 65.0 Å². The Kier molecular flexibility index (Phi) is 9.16. The zero-order valence-corrected chi connectivity index (χ0v) is 23.2. The van der Waals surface area contributed by atoms with Crippen LogP contribution in [0.5, 0.6) is 5.75 Å². The second-order valence-corrected chi connectivity index (χ2v) is 10.7. The molecule has 2 aromatic carbocycles. The highest BCUT2D eigenvalue weighted by Crippen LogP contribution is 2.37. The number of rotatable bonds is 11. The van der Waals surface area contributed by atoms with E-state index in [4.69, 9.17) is 31.2 Å². The van der Waals surface area contributed by atoms with Gasteiger partial charge in [0, 0.05) is 16.5 Å². The van der Waals surface area contributed by atoms with Crippen LogP contribution in [0.1, 0.15) is 57.7 Å². The molecule has 1 aliphatic rings. The fourth-order valence-corrected chi connectivity index (χ4v) is 5.07. The van der Waals surface area contributed by atoms with Crippen LogP contribution < -0.4 is 10.1 Å². The molecular formula is C28H33ClN4O3S. The number of ether oxygens (including phenoxy) is 2. The molecule has 2 heterocycles. The number of aromatic nitrogens is 3. The lowest BCUT2D eigenvalue weighted by atomic mass is 9.96. The van der Waals surface area contributed by atoms with Crippen molar-refractivity contribution in [1.29, 1.82) is 0 Å². The Hall–Kier alpha value is -2.97. The predicted molar refractivity (Wildman–Crippen MR) is 148 cm³/mol. The number of carbonyl (C=O) groups excluding carboxylic acids is 1. The lowest BCUT2D eigenvalue weighted by Gasteiger charge is -2.28. The molecule has 0 saturated carbocycles. The molecule has 196 valence electrons. The SMILES string of the molecule is CCCOC(=O)C1=C(C)Nc2nc(SCc3ccccc3Cl)nn2C1c1ccc(OCCC(C)C)cc1. The van der Waals surface area contributed by atoms with Crippen molar-refractivity contribution in [2.24, 2.45) is 5.92 Å². The summed E-state index contributed by atoms with van der Waals surface area (Å²) < 4.78 is 13.2. The van der Waals surface area contributed by atoms with E-state index < -0.39 is 6.04 Å². The summed E-state index contributed by atoms with van der Waals surface area (Å²) in [7, 11) is 0.